The van der Waals surface area contributed by atoms with Gasteiger partial charge in [0.15, 0.2) is 0 Å². The monoisotopic (exact) mass is 359 g/mol. The lowest BCUT2D eigenvalue weighted by atomic mass is 9.83. The number of hydrogen-bond donors (Lipinski definition) is 1. The normalized spacial score (nSPS) is 16.2. The Morgan fingerprint density at radius 2 is 1.83 bits per heavy atom. The number of nitrogens with two attached hydrogens (primary N) is 1. The Morgan fingerprint density at radius 3 is 2.46 bits per heavy atom. The van der Waals surface area contributed by atoms with Gasteiger partial charge in [-0.3, -0.25) is 0 Å². The molecule has 2 N–H and O–H groups in total. The van der Waals surface area contributed by atoms with Crippen LogP contribution in [0.2, 0.25) is 10.0 Å². The molecule has 24 heavy (non-hydrogen) atoms. The molecule has 0 unspecified atom stereocenters. The highest BCUT2D eigenvalue weighted by Gasteiger charge is 2.32. The summed E-state index contributed by atoms with van der Waals surface area (Å²) >= 11 is 12.4. The smallest absolute Gasteiger partial charge is 0.205 e. The summed E-state index contributed by atoms with van der Waals surface area (Å²) in [4.78, 5) is 1.97. The number of allylic oxidation sites excluding steroid dienone is 1. The van der Waals surface area contributed by atoms with Gasteiger partial charge in [-0.2, -0.15) is 5.26 Å². The maximum atomic E-state index is 9.56. The fourth-order valence-corrected chi connectivity index (χ4v) is 3.30. The second-order valence-electron chi connectivity index (χ2n) is 5.71. The fraction of sp³-hybridized carbons (Fsp3) is 0.167. The van der Waals surface area contributed by atoms with Crippen LogP contribution in [0.25, 0.3) is 0 Å². The average Bonchev–Trinajstić information content (AvgIpc) is 2.53. The van der Waals surface area contributed by atoms with E-state index in [9.17, 15) is 5.26 Å². The minimum atomic E-state index is -0.389. The molecule has 0 amide bonds. The van der Waals surface area contributed by atoms with Gasteiger partial charge < -0.3 is 15.4 Å². The zero-order valence-corrected chi connectivity index (χ0v) is 14.7. The van der Waals surface area contributed by atoms with E-state index in [1.807, 2.05) is 43.3 Å². The van der Waals surface area contributed by atoms with Gasteiger partial charge in [-0.15, -0.1) is 0 Å². The molecule has 0 radical (unpaired) electrons. The summed E-state index contributed by atoms with van der Waals surface area (Å²) in [6.07, 6.45) is 0. The molecule has 1 heterocycles. The van der Waals surface area contributed by atoms with E-state index >= 15 is 0 Å². The van der Waals surface area contributed by atoms with Gasteiger partial charge in [0, 0.05) is 41.5 Å². The Hall–Kier alpha value is -2.35. The highest BCUT2D eigenvalue weighted by atomic mass is 35.5. The number of hydrogen-bond acceptors (Lipinski definition) is 4. The van der Waals surface area contributed by atoms with Crippen LogP contribution in [0.3, 0.4) is 0 Å². The molecule has 0 aromatic heterocycles. The second kappa shape index (κ2) is 6.27. The fourth-order valence-electron chi connectivity index (χ4n) is 2.78. The van der Waals surface area contributed by atoms with Crippen LogP contribution >= 0.6 is 23.2 Å². The molecule has 2 aromatic rings. The number of nitrogens with zero attached hydrogens (tertiary/aromatic N) is 2. The van der Waals surface area contributed by atoms with Crippen LogP contribution in [0.4, 0.5) is 5.69 Å². The lowest BCUT2D eigenvalue weighted by Crippen LogP contribution is -2.21. The van der Waals surface area contributed by atoms with Crippen molar-refractivity contribution in [2.75, 3.05) is 19.0 Å². The molecule has 0 fully saturated rings. The number of halogens is 2. The van der Waals surface area contributed by atoms with Crippen LogP contribution in [-0.2, 0) is 0 Å². The zero-order valence-electron chi connectivity index (χ0n) is 13.2. The lowest BCUT2D eigenvalue weighted by molar-refractivity contribution is 0.394. The molecule has 2 aromatic carbocycles. The van der Waals surface area contributed by atoms with Gasteiger partial charge in [-0.05, 0) is 23.8 Å². The summed E-state index contributed by atoms with van der Waals surface area (Å²) in [5.74, 6) is 0.324. The first kappa shape index (κ1) is 16.5. The van der Waals surface area contributed by atoms with E-state index in [0.29, 0.717) is 21.4 Å². The van der Waals surface area contributed by atoms with Crippen molar-refractivity contribution < 1.29 is 4.74 Å². The third-order valence-corrected chi connectivity index (χ3v) is 4.55. The van der Waals surface area contributed by atoms with Crippen LogP contribution in [0.15, 0.2) is 47.9 Å². The minimum absolute atomic E-state index is 0.0944. The minimum Gasteiger partial charge on any atom is -0.440 e. The van der Waals surface area contributed by atoms with Crippen molar-refractivity contribution in [1.82, 2.24) is 0 Å². The van der Waals surface area contributed by atoms with E-state index in [0.717, 1.165) is 16.8 Å². The van der Waals surface area contributed by atoms with E-state index in [-0.39, 0.29) is 11.8 Å². The van der Waals surface area contributed by atoms with Gasteiger partial charge in [0.05, 0.1) is 5.92 Å². The first-order chi connectivity index (χ1) is 11.4. The maximum absolute atomic E-state index is 9.56. The topological polar surface area (TPSA) is 62.3 Å². The zero-order chi connectivity index (χ0) is 17.4. The third kappa shape index (κ3) is 2.77. The largest absolute Gasteiger partial charge is 0.440 e. The summed E-state index contributed by atoms with van der Waals surface area (Å²) in [6.45, 7) is 0. The molecule has 0 spiro atoms. The quantitative estimate of drug-likeness (QED) is 0.869. The van der Waals surface area contributed by atoms with Crippen LogP contribution in [0.1, 0.15) is 17.0 Å². The molecule has 122 valence electrons. The van der Waals surface area contributed by atoms with E-state index < -0.39 is 0 Å². The molecule has 3 rings (SSSR count). The van der Waals surface area contributed by atoms with E-state index in [2.05, 4.69) is 6.07 Å². The molecular formula is C18H15Cl2N3O. The second-order valence-corrected chi connectivity index (χ2v) is 6.55. The van der Waals surface area contributed by atoms with Crippen LogP contribution in [0.5, 0.6) is 5.75 Å². The Labute approximate surface area is 150 Å². The Kier molecular flexibility index (Phi) is 4.31. The Balaban J connectivity index is 2.22. The molecule has 4 nitrogen and oxygen atoms in total. The lowest BCUT2D eigenvalue weighted by Gasteiger charge is -2.28. The first-order valence-electron chi connectivity index (χ1n) is 7.26. The molecule has 0 bridgehead atoms. The summed E-state index contributed by atoms with van der Waals surface area (Å²) in [6, 6.07) is 13.2. The number of nitriles is 1. The number of ether oxygens (including phenoxy) is 1. The molecule has 0 saturated carbocycles. The van der Waals surface area contributed by atoms with Gasteiger partial charge in [0.2, 0.25) is 5.88 Å². The van der Waals surface area contributed by atoms with Gasteiger partial charge in [-0.1, -0.05) is 35.3 Å². The van der Waals surface area contributed by atoms with Crippen LogP contribution in [0, 0.1) is 11.3 Å². The number of fused-ring (bicyclic) bond motifs is 1. The summed E-state index contributed by atoms with van der Waals surface area (Å²) in [5, 5.41) is 10.6. The Bertz CT molecular complexity index is 884. The number of rotatable bonds is 2. The average molecular weight is 360 g/mol. The van der Waals surface area contributed by atoms with Crippen molar-refractivity contribution in [3.63, 3.8) is 0 Å². The number of benzene rings is 2. The van der Waals surface area contributed by atoms with Gasteiger partial charge >= 0.3 is 0 Å². The van der Waals surface area contributed by atoms with Crippen LogP contribution in [-0.4, -0.2) is 14.1 Å². The van der Waals surface area contributed by atoms with E-state index in [1.54, 1.807) is 12.1 Å². The summed E-state index contributed by atoms with van der Waals surface area (Å²) in [7, 11) is 3.88. The predicted octanol–water partition coefficient (Wildman–Crippen LogP) is 4.28. The van der Waals surface area contributed by atoms with E-state index in [4.69, 9.17) is 33.7 Å². The first-order valence-corrected chi connectivity index (χ1v) is 8.01. The highest BCUT2D eigenvalue weighted by Crippen LogP contribution is 2.45. The maximum Gasteiger partial charge on any atom is 0.205 e. The molecule has 1 atom stereocenters. The SMILES string of the molecule is CN(C)c1ccc2c(c1)OC(N)=C(C#N)[C@H]2c1ccc(Cl)cc1Cl. The van der Waals surface area contributed by atoms with Crippen molar-refractivity contribution >= 4 is 28.9 Å². The standard InChI is InChI=1S/C18H15Cl2N3O/c1-23(2)11-4-6-13-16(8-11)24-18(22)14(9-21)17(13)12-5-3-10(19)7-15(12)20/h3-8,17H,22H2,1-2H3/t17-/m0/s1. The molecule has 1 aliphatic heterocycles. The van der Waals surface area contributed by atoms with Crippen molar-refractivity contribution in [2.45, 2.75) is 5.92 Å². The molecule has 1 aliphatic rings. The van der Waals surface area contributed by atoms with Crippen LogP contribution < -0.4 is 15.4 Å². The highest BCUT2D eigenvalue weighted by molar-refractivity contribution is 6.35. The molecule has 0 saturated heterocycles. The van der Waals surface area contributed by atoms with Crippen molar-refractivity contribution in [3.05, 3.63) is 69.0 Å². The third-order valence-electron chi connectivity index (χ3n) is 3.99. The molecular weight excluding hydrogens is 345 g/mol. The van der Waals surface area contributed by atoms with Crippen molar-refractivity contribution in [2.24, 2.45) is 5.73 Å². The Morgan fingerprint density at radius 1 is 1.12 bits per heavy atom. The summed E-state index contributed by atoms with van der Waals surface area (Å²) in [5.41, 5.74) is 8.91. The molecule has 0 aliphatic carbocycles. The van der Waals surface area contributed by atoms with Gasteiger partial charge in [0.25, 0.3) is 0 Å². The van der Waals surface area contributed by atoms with Gasteiger partial charge in [-0.25, -0.2) is 0 Å². The van der Waals surface area contributed by atoms with Crippen molar-refractivity contribution in [3.8, 4) is 11.8 Å². The van der Waals surface area contributed by atoms with Crippen molar-refractivity contribution in [1.29, 1.82) is 5.26 Å². The van der Waals surface area contributed by atoms with E-state index in [1.165, 1.54) is 0 Å². The molecule has 6 heteroatoms. The summed E-state index contributed by atoms with van der Waals surface area (Å²) < 4.78 is 5.68. The predicted molar refractivity (Wildman–Crippen MR) is 96.5 cm³/mol. The number of anilines is 1. The van der Waals surface area contributed by atoms with Gasteiger partial charge in [0.1, 0.15) is 17.4 Å².